The molecule has 84 valence electrons. The number of benzene rings is 1. The molecule has 1 aromatic heterocycles. The van der Waals surface area contributed by atoms with Gasteiger partial charge in [-0.2, -0.15) is 0 Å². The molecule has 2 aromatic rings. The van der Waals surface area contributed by atoms with Gasteiger partial charge >= 0.3 is 0 Å². The van der Waals surface area contributed by atoms with Gasteiger partial charge in [-0.3, -0.25) is 0 Å². The monoisotopic (exact) mass is 242 g/mol. The first-order valence-electron chi connectivity index (χ1n) is 5.50. The zero-order chi connectivity index (χ0) is 11.7. The molecule has 0 aliphatic carbocycles. The number of hydrogen-bond donors (Lipinski definition) is 1. The fourth-order valence-corrected chi connectivity index (χ4v) is 2.21. The number of nitrogens with one attached hydrogen (secondary N) is 1. The van der Waals surface area contributed by atoms with Gasteiger partial charge in [-0.05, 0) is 35.4 Å². The molecule has 0 spiro atoms. The van der Waals surface area contributed by atoms with Crippen molar-refractivity contribution >= 4 is 23.4 Å². The minimum Gasteiger partial charge on any atom is -0.381 e. The smallest absolute Gasteiger partial charge is 0.136 e. The van der Waals surface area contributed by atoms with Crippen LogP contribution in [-0.2, 0) is 0 Å². The van der Waals surface area contributed by atoms with E-state index in [1.54, 1.807) is 6.20 Å². The molecule has 0 radical (unpaired) electrons. The summed E-state index contributed by atoms with van der Waals surface area (Å²) in [6.45, 7) is 0.889. The van der Waals surface area contributed by atoms with Crippen molar-refractivity contribution in [3.05, 3.63) is 53.3 Å². The van der Waals surface area contributed by atoms with Gasteiger partial charge in [0.15, 0.2) is 0 Å². The van der Waals surface area contributed by atoms with Crippen LogP contribution in [0.15, 0.2) is 42.6 Å². The molecule has 1 aliphatic rings. The standard InChI is InChI=1S/C14H11ClN2/c15-14-12(4-2-8-17-14)10-5-6-13-11(9-10)3-1-7-16-13/h1-6,8-9,16H,7H2. The Bertz CT molecular complexity index is 591. The average molecular weight is 243 g/mol. The van der Waals surface area contributed by atoms with Crippen LogP contribution in [0.3, 0.4) is 0 Å². The first kappa shape index (κ1) is 10.4. The van der Waals surface area contributed by atoms with E-state index in [1.807, 2.05) is 12.1 Å². The maximum atomic E-state index is 6.10. The molecule has 1 aromatic carbocycles. The van der Waals surface area contributed by atoms with Crippen LogP contribution in [-0.4, -0.2) is 11.5 Å². The number of halogens is 1. The number of hydrogen-bond acceptors (Lipinski definition) is 2. The van der Waals surface area contributed by atoms with E-state index in [0.717, 1.165) is 23.4 Å². The SMILES string of the molecule is Clc1ncccc1-c1ccc2c(c1)C=CCN2. The molecule has 3 heteroatoms. The Balaban J connectivity index is 2.12. The van der Waals surface area contributed by atoms with E-state index < -0.39 is 0 Å². The van der Waals surface area contributed by atoms with Crippen LogP contribution in [0.5, 0.6) is 0 Å². The van der Waals surface area contributed by atoms with E-state index in [4.69, 9.17) is 11.6 Å². The molecule has 0 amide bonds. The van der Waals surface area contributed by atoms with Gasteiger partial charge in [0.25, 0.3) is 0 Å². The highest BCUT2D eigenvalue weighted by molar-refractivity contribution is 6.32. The fraction of sp³-hybridized carbons (Fsp3) is 0.0714. The van der Waals surface area contributed by atoms with Crippen LogP contribution < -0.4 is 5.32 Å². The molecular weight excluding hydrogens is 232 g/mol. The van der Waals surface area contributed by atoms with Crippen LogP contribution >= 0.6 is 11.6 Å². The lowest BCUT2D eigenvalue weighted by Gasteiger charge is -2.14. The van der Waals surface area contributed by atoms with Gasteiger partial charge in [-0.15, -0.1) is 0 Å². The third kappa shape index (κ3) is 1.92. The number of fused-ring (bicyclic) bond motifs is 1. The van der Waals surface area contributed by atoms with Crippen LogP contribution in [0.2, 0.25) is 5.15 Å². The molecule has 0 saturated heterocycles. The maximum Gasteiger partial charge on any atom is 0.136 e. The number of pyridine rings is 1. The Labute approximate surface area is 105 Å². The van der Waals surface area contributed by atoms with Crippen molar-refractivity contribution < 1.29 is 0 Å². The summed E-state index contributed by atoms with van der Waals surface area (Å²) in [5.74, 6) is 0. The van der Waals surface area contributed by atoms with Crippen molar-refractivity contribution in [1.29, 1.82) is 0 Å². The molecule has 0 saturated carbocycles. The summed E-state index contributed by atoms with van der Waals surface area (Å²) < 4.78 is 0. The third-order valence-corrected chi connectivity index (χ3v) is 3.13. The van der Waals surface area contributed by atoms with Crippen molar-refractivity contribution in [3.8, 4) is 11.1 Å². The molecule has 17 heavy (non-hydrogen) atoms. The predicted octanol–water partition coefficient (Wildman–Crippen LogP) is 3.84. The molecule has 0 atom stereocenters. The van der Waals surface area contributed by atoms with Crippen LogP contribution in [0.25, 0.3) is 17.2 Å². The van der Waals surface area contributed by atoms with E-state index in [1.165, 1.54) is 5.56 Å². The minimum absolute atomic E-state index is 0.542. The third-order valence-electron chi connectivity index (χ3n) is 2.83. The van der Waals surface area contributed by atoms with Gasteiger partial charge in [-0.25, -0.2) is 4.98 Å². The Hall–Kier alpha value is -1.80. The number of rotatable bonds is 1. The van der Waals surface area contributed by atoms with Crippen molar-refractivity contribution in [2.24, 2.45) is 0 Å². The van der Waals surface area contributed by atoms with E-state index in [9.17, 15) is 0 Å². The van der Waals surface area contributed by atoms with Crippen molar-refractivity contribution in [3.63, 3.8) is 0 Å². The average Bonchev–Trinajstić information content (AvgIpc) is 2.39. The molecule has 2 heterocycles. The first-order valence-corrected chi connectivity index (χ1v) is 5.88. The molecule has 0 fully saturated rings. The Morgan fingerprint density at radius 3 is 3.06 bits per heavy atom. The van der Waals surface area contributed by atoms with E-state index in [-0.39, 0.29) is 0 Å². The fourth-order valence-electron chi connectivity index (χ4n) is 1.99. The molecular formula is C14H11ClN2. The maximum absolute atomic E-state index is 6.10. The van der Waals surface area contributed by atoms with Gasteiger partial charge in [0.1, 0.15) is 5.15 Å². The van der Waals surface area contributed by atoms with Crippen molar-refractivity contribution in [2.45, 2.75) is 0 Å². The minimum atomic E-state index is 0.542. The summed E-state index contributed by atoms with van der Waals surface area (Å²) in [4.78, 5) is 4.10. The van der Waals surface area contributed by atoms with Gasteiger partial charge in [0, 0.05) is 24.0 Å². The van der Waals surface area contributed by atoms with E-state index >= 15 is 0 Å². The topological polar surface area (TPSA) is 24.9 Å². The Morgan fingerprint density at radius 1 is 1.24 bits per heavy atom. The van der Waals surface area contributed by atoms with Crippen LogP contribution in [0, 0.1) is 0 Å². The van der Waals surface area contributed by atoms with E-state index in [2.05, 4.69) is 40.7 Å². The van der Waals surface area contributed by atoms with Gasteiger partial charge in [-0.1, -0.05) is 29.8 Å². The predicted molar refractivity (Wildman–Crippen MR) is 72.2 cm³/mol. The molecule has 3 rings (SSSR count). The zero-order valence-electron chi connectivity index (χ0n) is 9.15. The number of anilines is 1. The Morgan fingerprint density at radius 2 is 2.18 bits per heavy atom. The normalized spacial score (nSPS) is 13.0. The molecule has 0 bridgehead atoms. The second-order valence-corrected chi connectivity index (χ2v) is 4.29. The van der Waals surface area contributed by atoms with Gasteiger partial charge < -0.3 is 5.32 Å². The lowest BCUT2D eigenvalue weighted by Crippen LogP contribution is -2.04. The highest BCUT2D eigenvalue weighted by Gasteiger charge is 2.08. The highest BCUT2D eigenvalue weighted by Crippen LogP contribution is 2.30. The Kier molecular flexibility index (Phi) is 2.57. The van der Waals surface area contributed by atoms with Gasteiger partial charge in [0.05, 0.1) is 0 Å². The summed E-state index contributed by atoms with van der Waals surface area (Å²) in [5.41, 5.74) is 4.41. The summed E-state index contributed by atoms with van der Waals surface area (Å²) in [5, 5.41) is 3.86. The highest BCUT2D eigenvalue weighted by atomic mass is 35.5. The second-order valence-electron chi connectivity index (χ2n) is 3.93. The largest absolute Gasteiger partial charge is 0.381 e. The molecule has 0 unspecified atom stereocenters. The summed E-state index contributed by atoms with van der Waals surface area (Å²) in [7, 11) is 0. The first-order chi connectivity index (χ1) is 8.34. The number of nitrogens with zero attached hydrogens (tertiary/aromatic N) is 1. The van der Waals surface area contributed by atoms with Crippen molar-refractivity contribution in [1.82, 2.24) is 4.98 Å². The quantitative estimate of drug-likeness (QED) is 0.769. The lowest BCUT2D eigenvalue weighted by molar-refractivity contribution is 1.30. The summed E-state index contributed by atoms with van der Waals surface area (Å²) in [6.07, 6.45) is 5.93. The van der Waals surface area contributed by atoms with E-state index in [0.29, 0.717) is 5.15 Å². The zero-order valence-corrected chi connectivity index (χ0v) is 9.91. The van der Waals surface area contributed by atoms with Crippen LogP contribution in [0.4, 0.5) is 5.69 Å². The second kappa shape index (κ2) is 4.22. The molecule has 2 nitrogen and oxygen atoms in total. The molecule has 1 N–H and O–H groups in total. The van der Waals surface area contributed by atoms with Crippen molar-refractivity contribution in [2.75, 3.05) is 11.9 Å². The number of aromatic nitrogens is 1. The van der Waals surface area contributed by atoms with Crippen LogP contribution in [0.1, 0.15) is 5.56 Å². The van der Waals surface area contributed by atoms with Gasteiger partial charge in [0.2, 0.25) is 0 Å². The summed E-state index contributed by atoms with van der Waals surface area (Å²) >= 11 is 6.10. The lowest BCUT2D eigenvalue weighted by atomic mass is 10.0. The molecule has 1 aliphatic heterocycles. The summed E-state index contributed by atoms with van der Waals surface area (Å²) in [6, 6.07) is 10.2.